The third-order valence-electron chi connectivity index (χ3n) is 3.33. The quantitative estimate of drug-likeness (QED) is 0.780. The van der Waals surface area contributed by atoms with Gasteiger partial charge in [-0.15, -0.1) is 0 Å². The van der Waals surface area contributed by atoms with E-state index in [9.17, 15) is 26.0 Å². The van der Waals surface area contributed by atoms with Gasteiger partial charge in [-0.25, -0.2) is 21.2 Å². The minimum absolute atomic E-state index is 0.0320. The van der Waals surface area contributed by atoms with Crippen molar-refractivity contribution in [1.29, 1.82) is 0 Å². The summed E-state index contributed by atoms with van der Waals surface area (Å²) < 4.78 is 63.8. The van der Waals surface area contributed by atoms with Gasteiger partial charge in [-0.3, -0.25) is 9.52 Å². The third-order valence-corrected chi connectivity index (χ3v) is 5.83. The maximum atomic E-state index is 13.9. The van der Waals surface area contributed by atoms with E-state index in [1.165, 1.54) is 0 Å². The fraction of sp³-hybridized carbons (Fsp3) is 0.417. The number of nitrogens with zero attached hydrogens (tertiary/aromatic N) is 1. The van der Waals surface area contributed by atoms with Crippen molar-refractivity contribution in [2.75, 3.05) is 17.5 Å². The number of carbonyl (C=O) groups is 1. The molecule has 1 atom stereocenters. The normalized spacial score (nSPS) is 19.7. The van der Waals surface area contributed by atoms with E-state index in [0.29, 0.717) is 12.5 Å². The molecule has 0 bridgehead atoms. The molecule has 0 saturated carbocycles. The Bertz CT molecular complexity index is 837. The number of sulfonamides is 2. The van der Waals surface area contributed by atoms with Crippen molar-refractivity contribution < 1.29 is 31.1 Å². The Morgan fingerprint density at radius 2 is 2.00 bits per heavy atom. The summed E-state index contributed by atoms with van der Waals surface area (Å²) in [4.78, 5) is 10.7. The molecular weight excluding hydrogens is 351 g/mol. The van der Waals surface area contributed by atoms with E-state index in [1.54, 1.807) is 0 Å². The highest BCUT2D eigenvalue weighted by Gasteiger charge is 2.39. The molecule has 128 valence electrons. The molecular formula is C12H15FN2O6S2. The summed E-state index contributed by atoms with van der Waals surface area (Å²) in [6, 6.07) is 1.50. The van der Waals surface area contributed by atoms with Gasteiger partial charge in [-0.1, -0.05) is 0 Å². The molecule has 8 nitrogen and oxygen atoms in total. The molecule has 1 fully saturated rings. The van der Waals surface area contributed by atoms with Gasteiger partial charge < -0.3 is 5.11 Å². The van der Waals surface area contributed by atoms with Crippen molar-refractivity contribution in [2.24, 2.45) is 0 Å². The Hall–Kier alpha value is -1.72. The molecule has 0 aliphatic carbocycles. The standard InChI is InChI=1S/C12H15FN2O6S2/c1-22(18,19)14-10-5-4-8(7-9(10)13)23(20,21)15-6-2-3-11(15)12(16)17/h4-5,7,11,14H,2-3,6H2,1H3,(H,16,17). The highest BCUT2D eigenvalue weighted by Crippen LogP contribution is 2.28. The first kappa shape index (κ1) is 17.6. The van der Waals surface area contributed by atoms with Gasteiger partial charge in [0.15, 0.2) is 0 Å². The first-order valence-corrected chi connectivity index (χ1v) is 9.87. The summed E-state index contributed by atoms with van der Waals surface area (Å²) in [5.41, 5.74) is -0.386. The SMILES string of the molecule is CS(=O)(=O)Nc1ccc(S(=O)(=O)N2CCCC2C(=O)O)cc1F. The minimum Gasteiger partial charge on any atom is -0.480 e. The van der Waals surface area contributed by atoms with Crippen LogP contribution in [0.25, 0.3) is 0 Å². The number of benzene rings is 1. The van der Waals surface area contributed by atoms with E-state index in [-0.39, 0.29) is 18.7 Å². The predicted molar refractivity (Wildman–Crippen MR) is 79.4 cm³/mol. The Morgan fingerprint density at radius 3 is 2.52 bits per heavy atom. The molecule has 0 spiro atoms. The van der Waals surface area contributed by atoms with E-state index in [2.05, 4.69) is 0 Å². The second kappa shape index (κ2) is 6.06. The average molecular weight is 366 g/mol. The zero-order chi connectivity index (χ0) is 17.4. The Kier molecular flexibility index (Phi) is 4.64. The van der Waals surface area contributed by atoms with E-state index in [4.69, 9.17) is 5.11 Å². The molecule has 1 aliphatic rings. The zero-order valence-corrected chi connectivity index (χ0v) is 13.7. The fourth-order valence-electron chi connectivity index (χ4n) is 2.35. The van der Waals surface area contributed by atoms with Gasteiger partial charge in [-0.2, -0.15) is 4.31 Å². The van der Waals surface area contributed by atoms with E-state index >= 15 is 0 Å². The maximum absolute atomic E-state index is 13.9. The highest BCUT2D eigenvalue weighted by atomic mass is 32.2. The van der Waals surface area contributed by atoms with Crippen molar-refractivity contribution in [2.45, 2.75) is 23.8 Å². The average Bonchev–Trinajstić information content (AvgIpc) is 2.89. The highest BCUT2D eigenvalue weighted by molar-refractivity contribution is 7.92. The lowest BCUT2D eigenvalue weighted by molar-refractivity contribution is -0.140. The second-order valence-corrected chi connectivity index (χ2v) is 8.77. The van der Waals surface area contributed by atoms with Crippen LogP contribution in [0.1, 0.15) is 12.8 Å². The molecule has 11 heteroatoms. The van der Waals surface area contributed by atoms with Gasteiger partial charge >= 0.3 is 5.97 Å². The molecule has 1 aromatic rings. The third kappa shape index (κ3) is 3.79. The van der Waals surface area contributed by atoms with Crippen molar-refractivity contribution in [3.63, 3.8) is 0 Å². The number of rotatable bonds is 5. The van der Waals surface area contributed by atoms with Gasteiger partial charge in [0.2, 0.25) is 20.0 Å². The smallest absolute Gasteiger partial charge is 0.322 e. The second-order valence-electron chi connectivity index (χ2n) is 5.13. The van der Waals surface area contributed by atoms with Crippen LogP contribution < -0.4 is 4.72 Å². The number of carboxylic acids is 1. The predicted octanol–water partition coefficient (Wildman–Crippen LogP) is 0.435. The Morgan fingerprint density at radius 1 is 1.35 bits per heavy atom. The van der Waals surface area contributed by atoms with Gasteiger partial charge in [0.1, 0.15) is 11.9 Å². The molecule has 1 unspecified atom stereocenters. The van der Waals surface area contributed by atoms with Crippen LogP contribution in [0.15, 0.2) is 23.1 Å². The van der Waals surface area contributed by atoms with E-state index in [1.807, 2.05) is 4.72 Å². The lowest BCUT2D eigenvalue weighted by Gasteiger charge is -2.21. The summed E-state index contributed by atoms with van der Waals surface area (Å²) >= 11 is 0. The monoisotopic (exact) mass is 366 g/mol. The summed E-state index contributed by atoms with van der Waals surface area (Å²) in [6.07, 6.45) is 1.41. The maximum Gasteiger partial charge on any atom is 0.322 e. The van der Waals surface area contributed by atoms with Crippen LogP contribution in [-0.2, 0) is 24.8 Å². The summed E-state index contributed by atoms with van der Waals surface area (Å²) in [5, 5.41) is 9.06. The molecule has 2 rings (SSSR count). The summed E-state index contributed by atoms with van der Waals surface area (Å²) in [7, 11) is -7.89. The number of carboxylic acid groups (broad SMARTS) is 1. The van der Waals surface area contributed by atoms with Crippen molar-refractivity contribution in [3.8, 4) is 0 Å². The van der Waals surface area contributed by atoms with Crippen LogP contribution >= 0.6 is 0 Å². The molecule has 0 aromatic heterocycles. The van der Waals surface area contributed by atoms with Crippen LogP contribution in [0.3, 0.4) is 0 Å². The number of hydrogen-bond acceptors (Lipinski definition) is 5. The van der Waals surface area contributed by atoms with Crippen LogP contribution in [0.5, 0.6) is 0 Å². The van der Waals surface area contributed by atoms with E-state index in [0.717, 1.165) is 22.7 Å². The Labute approximate surface area is 133 Å². The molecule has 1 aromatic carbocycles. The molecule has 23 heavy (non-hydrogen) atoms. The molecule has 1 saturated heterocycles. The van der Waals surface area contributed by atoms with Crippen molar-refractivity contribution in [3.05, 3.63) is 24.0 Å². The topological polar surface area (TPSA) is 121 Å². The van der Waals surface area contributed by atoms with Crippen molar-refractivity contribution >= 4 is 31.7 Å². The Balaban J connectivity index is 2.38. The molecule has 1 heterocycles. The number of hydrogen-bond donors (Lipinski definition) is 2. The molecule has 0 amide bonds. The summed E-state index contributed by atoms with van der Waals surface area (Å²) in [6.45, 7) is 0.0320. The van der Waals surface area contributed by atoms with Gasteiger partial charge in [0, 0.05) is 6.54 Å². The van der Waals surface area contributed by atoms with Crippen LogP contribution in [0, 0.1) is 5.82 Å². The van der Waals surface area contributed by atoms with Gasteiger partial charge in [0.05, 0.1) is 16.8 Å². The van der Waals surface area contributed by atoms with Crippen LogP contribution in [-0.4, -0.2) is 51.1 Å². The fourth-order valence-corrected chi connectivity index (χ4v) is 4.58. The van der Waals surface area contributed by atoms with Gasteiger partial charge in [-0.05, 0) is 31.0 Å². The van der Waals surface area contributed by atoms with Crippen molar-refractivity contribution in [1.82, 2.24) is 4.31 Å². The molecule has 1 aliphatic heterocycles. The first-order valence-electron chi connectivity index (χ1n) is 6.54. The number of halogens is 1. The van der Waals surface area contributed by atoms with Gasteiger partial charge in [0.25, 0.3) is 0 Å². The van der Waals surface area contributed by atoms with Crippen LogP contribution in [0.2, 0.25) is 0 Å². The number of aliphatic carboxylic acids is 1. The number of nitrogens with one attached hydrogen (secondary N) is 1. The first-order chi connectivity index (χ1) is 10.5. The molecule has 2 N–H and O–H groups in total. The zero-order valence-electron chi connectivity index (χ0n) is 12.1. The molecule has 0 radical (unpaired) electrons. The van der Waals surface area contributed by atoms with Crippen LogP contribution in [0.4, 0.5) is 10.1 Å². The summed E-state index contributed by atoms with van der Waals surface area (Å²) in [5.74, 6) is -2.33. The van der Waals surface area contributed by atoms with E-state index < -0.39 is 42.8 Å². The largest absolute Gasteiger partial charge is 0.480 e. The number of anilines is 1. The minimum atomic E-state index is -4.18. The lowest BCUT2D eigenvalue weighted by Crippen LogP contribution is -2.40. The lowest BCUT2D eigenvalue weighted by atomic mass is 10.2.